The molecule has 1 saturated carbocycles. The van der Waals surface area contributed by atoms with E-state index >= 15 is 0 Å². The number of allylic oxidation sites excluding steroid dienone is 1. The molecule has 3 aliphatic rings. The second-order valence-electron chi connectivity index (χ2n) is 8.70. The lowest BCUT2D eigenvalue weighted by Gasteiger charge is -2.30. The van der Waals surface area contributed by atoms with Gasteiger partial charge in [-0.2, -0.15) is 15.3 Å². The summed E-state index contributed by atoms with van der Waals surface area (Å²) in [5, 5.41) is 20.9. The largest absolute Gasteiger partial charge is 0.366 e. The van der Waals surface area contributed by atoms with Crippen LogP contribution in [0.25, 0.3) is 33.8 Å². The van der Waals surface area contributed by atoms with E-state index in [1.807, 2.05) is 29.3 Å². The second kappa shape index (κ2) is 7.38. The number of nitrogens with zero attached hydrogens (tertiary/aromatic N) is 6. The molecule has 168 valence electrons. The third-order valence-corrected chi connectivity index (χ3v) is 6.67. The maximum atomic E-state index is 12.1. The maximum absolute atomic E-state index is 12.1. The average molecular weight is 444 g/mol. The fraction of sp³-hybridized carbons (Fsp3) is 0.348. The molecule has 10 nitrogen and oxygen atoms in total. The summed E-state index contributed by atoms with van der Waals surface area (Å²) in [5.74, 6) is 0.606. The molecule has 0 unspecified atom stereocenters. The molecule has 2 atom stereocenters. The summed E-state index contributed by atoms with van der Waals surface area (Å²) in [5.41, 5.74) is 10.8. The quantitative estimate of drug-likeness (QED) is 0.391. The number of hydrogen-bond donors (Lipinski definition) is 3. The first-order valence-electron chi connectivity index (χ1n) is 11.2. The van der Waals surface area contributed by atoms with E-state index in [0.29, 0.717) is 41.4 Å². The molecule has 2 saturated heterocycles. The van der Waals surface area contributed by atoms with Gasteiger partial charge in [-0.25, -0.2) is 4.98 Å². The van der Waals surface area contributed by atoms with Crippen molar-refractivity contribution in [2.24, 2.45) is 5.73 Å². The van der Waals surface area contributed by atoms with E-state index in [-0.39, 0.29) is 0 Å². The first-order chi connectivity index (χ1) is 16.0. The number of primary amides is 1. The van der Waals surface area contributed by atoms with Crippen molar-refractivity contribution < 1.29 is 4.79 Å². The molecule has 4 aromatic rings. The number of rotatable bonds is 6. The topological polar surface area (TPSA) is 132 Å². The van der Waals surface area contributed by atoms with Crippen LogP contribution in [0.4, 0.5) is 0 Å². The highest BCUT2D eigenvalue weighted by Gasteiger charge is 2.40. The first-order valence-corrected chi connectivity index (χ1v) is 11.2. The van der Waals surface area contributed by atoms with Crippen molar-refractivity contribution in [1.29, 1.82) is 0 Å². The summed E-state index contributed by atoms with van der Waals surface area (Å²) in [7, 11) is 0. The molecule has 3 aromatic heterocycles. The minimum Gasteiger partial charge on any atom is -0.366 e. The highest BCUT2D eigenvalue weighted by molar-refractivity contribution is 6.02. The zero-order valence-electron chi connectivity index (χ0n) is 18.5. The van der Waals surface area contributed by atoms with Crippen LogP contribution in [-0.4, -0.2) is 52.7 Å². The number of aromatic nitrogens is 7. The van der Waals surface area contributed by atoms with Gasteiger partial charge in [0.15, 0.2) is 11.6 Å². The molecule has 4 N–H and O–H groups in total. The van der Waals surface area contributed by atoms with Crippen molar-refractivity contribution in [2.45, 2.75) is 51.9 Å². The molecule has 5 heterocycles. The summed E-state index contributed by atoms with van der Waals surface area (Å²) in [6, 6.07) is 6.53. The predicted octanol–water partition coefficient (Wildman–Crippen LogP) is 2.17. The predicted molar refractivity (Wildman–Crippen MR) is 123 cm³/mol. The third kappa shape index (κ3) is 3.17. The Balaban J connectivity index is 1.41. The smallest absolute Gasteiger partial charge is 0.248 e. The Morgan fingerprint density at radius 1 is 1.24 bits per heavy atom. The van der Waals surface area contributed by atoms with Gasteiger partial charge < -0.3 is 11.1 Å². The lowest BCUT2D eigenvalue weighted by molar-refractivity contribution is 0.100. The summed E-state index contributed by atoms with van der Waals surface area (Å²) in [4.78, 5) is 16.8. The molecule has 33 heavy (non-hydrogen) atoms. The van der Waals surface area contributed by atoms with E-state index in [2.05, 4.69) is 31.8 Å². The Morgan fingerprint density at radius 2 is 2.06 bits per heavy atom. The van der Waals surface area contributed by atoms with Crippen LogP contribution in [0.1, 0.15) is 35.8 Å². The number of aryl methyl sites for hydroxylation is 2. The number of H-pyrrole nitrogens is 1. The SMILES string of the molecule is CCn1nc(C)cc1-c1nc(-c2cc(C(N)=O)cc3c2cnn3CC=C2[C@@H]3CC[C@@H]2N3)n[nH]1. The lowest BCUT2D eigenvalue weighted by Crippen LogP contribution is -2.46. The second-order valence-corrected chi connectivity index (χ2v) is 8.70. The van der Waals surface area contributed by atoms with Gasteiger partial charge in [0.1, 0.15) is 5.69 Å². The van der Waals surface area contributed by atoms with Crippen LogP contribution in [0.5, 0.6) is 0 Å². The molecular formula is C23H25N9O. The lowest BCUT2D eigenvalue weighted by atomic mass is 9.99. The number of amides is 1. The van der Waals surface area contributed by atoms with Crippen molar-refractivity contribution in [3.8, 4) is 22.9 Å². The number of fused-ring (bicyclic) bond motifs is 2. The highest BCUT2D eigenvalue weighted by Crippen LogP contribution is 2.36. The zero-order valence-corrected chi connectivity index (χ0v) is 18.5. The molecule has 1 aliphatic carbocycles. The van der Waals surface area contributed by atoms with E-state index in [1.54, 1.807) is 18.3 Å². The maximum Gasteiger partial charge on any atom is 0.248 e. The Bertz CT molecular complexity index is 1410. The van der Waals surface area contributed by atoms with Crippen LogP contribution < -0.4 is 11.1 Å². The van der Waals surface area contributed by atoms with Gasteiger partial charge in [-0.15, -0.1) is 0 Å². The van der Waals surface area contributed by atoms with Gasteiger partial charge in [0.2, 0.25) is 5.91 Å². The minimum atomic E-state index is -0.499. The standard InChI is InChI=1S/C23H25N9O/c1-3-31-20(8-12(2)30-31)23-27-22(28-29-23)15-9-13(21(24)33)10-19-16(15)11-25-32(19)7-6-14-17-4-5-18(14)26-17/h6,8-11,17-18,26H,3-5,7H2,1-2H3,(H2,24,33)(H,27,28,29)/t17-,18-/m0/s1. The summed E-state index contributed by atoms with van der Waals surface area (Å²) in [6.45, 7) is 5.34. The van der Waals surface area contributed by atoms with Crippen molar-refractivity contribution in [1.82, 2.24) is 40.1 Å². The van der Waals surface area contributed by atoms with Crippen molar-refractivity contribution in [3.63, 3.8) is 0 Å². The van der Waals surface area contributed by atoms with E-state index in [4.69, 9.17) is 10.7 Å². The minimum absolute atomic E-state index is 0.401. The Hall–Kier alpha value is -3.79. The molecule has 2 bridgehead atoms. The van der Waals surface area contributed by atoms with Gasteiger partial charge in [0.05, 0.1) is 24.0 Å². The fourth-order valence-electron chi connectivity index (χ4n) is 5.02. The van der Waals surface area contributed by atoms with Crippen LogP contribution >= 0.6 is 0 Å². The normalized spacial score (nSPS) is 19.3. The molecule has 0 radical (unpaired) electrons. The van der Waals surface area contributed by atoms with Gasteiger partial charge in [-0.1, -0.05) is 6.08 Å². The number of benzene rings is 1. The van der Waals surface area contributed by atoms with Crippen LogP contribution in [-0.2, 0) is 13.1 Å². The van der Waals surface area contributed by atoms with E-state index < -0.39 is 5.91 Å². The van der Waals surface area contributed by atoms with Gasteiger partial charge in [-0.3, -0.25) is 19.3 Å². The Morgan fingerprint density at radius 3 is 2.79 bits per heavy atom. The van der Waals surface area contributed by atoms with Gasteiger partial charge in [0, 0.05) is 35.1 Å². The van der Waals surface area contributed by atoms with Crippen molar-refractivity contribution in [2.75, 3.05) is 0 Å². The average Bonchev–Trinajstić information content (AvgIpc) is 3.60. The van der Waals surface area contributed by atoms with E-state index in [1.165, 1.54) is 18.4 Å². The van der Waals surface area contributed by atoms with Gasteiger partial charge in [0.25, 0.3) is 0 Å². The highest BCUT2D eigenvalue weighted by atomic mass is 16.1. The zero-order chi connectivity index (χ0) is 22.7. The van der Waals surface area contributed by atoms with E-state index in [0.717, 1.165) is 28.8 Å². The Labute approximate surface area is 189 Å². The number of aromatic amines is 1. The summed E-state index contributed by atoms with van der Waals surface area (Å²) >= 11 is 0. The molecule has 1 amide bonds. The molecule has 3 fully saturated rings. The van der Waals surface area contributed by atoms with Crippen LogP contribution in [0, 0.1) is 6.92 Å². The Kier molecular flexibility index (Phi) is 4.44. The molecule has 10 heteroatoms. The number of carbonyl (C=O) groups is 1. The van der Waals surface area contributed by atoms with Crippen LogP contribution in [0.3, 0.4) is 0 Å². The molecule has 2 aliphatic heterocycles. The molecule has 1 aromatic carbocycles. The number of hydrogen-bond acceptors (Lipinski definition) is 6. The van der Waals surface area contributed by atoms with Gasteiger partial charge >= 0.3 is 0 Å². The summed E-state index contributed by atoms with van der Waals surface area (Å²) in [6.07, 6.45) is 6.46. The molecule has 7 rings (SSSR count). The molecular weight excluding hydrogens is 418 g/mol. The van der Waals surface area contributed by atoms with Gasteiger partial charge in [-0.05, 0) is 50.5 Å². The van der Waals surface area contributed by atoms with Crippen LogP contribution in [0.15, 0.2) is 36.0 Å². The third-order valence-electron chi connectivity index (χ3n) is 6.67. The number of nitrogens with two attached hydrogens (primary N) is 1. The molecule has 0 spiro atoms. The van der Waals surface area contributed by atoms with Crippen molar-refractivity contribution in [3.05, 3.63) is 47.3 Å². The van der Waals surface area contributed by atoms with Crippen molar-refractivity contribution >= 4 is 16.8 Å². The number of nitrogens with one attached hydrogen (secondary N) is 2. The first kappa shape index (κ1) is 19.9. The summed E-state index contributed by atoms with van der Waals surface area (Å²) < 4.78 is 3.78. The number of carbonyl (C=O) groups excluding carboxylic acids is 1. The van der Waals surface area contributed by atoms with E-state index in [9.17, 15) is 4.79 Å². The fourth-order valence-corrected chi connectivity index (χ4v) is 5.02. The van der Waals surface area contributed by atoms with Crippen LogP contribution in [0.2, 0.25) is 0 Å². The monoisotopic (exact) mass is 443 g/mol.